The number of hydrogen-bond acceptors (Lipinski definition) is 4. The van der Waals surface area contributed by atoms with Gasteiger partial charge in [0.25, 0.3) is 0 Å². The van der Waals surface area contributed by atoms with Gasteiger partial charge in [0.2, 0.25) is 0 Å². The Bertz CT molecular complexity index is 204. The van der Waals surface area contributed by atoms with E-state index in [1.807, 2.05) is 12.1 Å². The Labute approximate surface area is 72.5 Å². The van der Waals surface area contributed by atoms with Crippen molar-refractivity contribution in [2.75, 3.05) is 26.2 Å². The second-order valence-electron chi connectivity index (χ2n) is 2.42. The molecule has 64 valence electrons. The summed E-state index contributed by atoms with van der Waals surface area (Å²) in [6.45, 7) is 5.10. The van der Waals surface area contributed by atoms with E-state index in [4.69, 9.17) is 16.3 Å². The fraction of sp³-hybridized carbons (Fsp3) is 0.500. The first kappa shape index (κ1) is 10.6. The molecule has 4 nitrogen and oxygen atoms in total. The van der Waals surface area contributed by atoms with Crippen LogP contribution in [0.3, 0.4) is 0 Å². The van der Waals surface area contributed by atoms with E-state index >= 15 is 0 Å². The molecule has 0 aliphatic heterocycles. The molecule has 0 amide bonds. The lowest BCUT2D eigenvalue weighted by Gasteiger charge is -2.15. The van der Waals surface area contributed by atoms with E-state index in [1.165, 1.54) is 0 Å². The van der Waals surface area contributed by atoms with Gasteiger partial charge in [-0.3, -0.25) is 4.90 Å². The van der Waals surface area contributed by atoms with Crippen LogP contribution >= 0.6 is 0 Å². The Hall–Kier alpha value is -1.36. The van der Waals surface area contributed by atoms with E-state index in [9.17, 15) is 0 Å². The summed E-state index contributed by atoms with van der Waals surface area (Å²) in [7, 11) is 0. The lowest BCUT2D eigenvalue weighted by Crippen LogP contribution is -2.28. The minimum Gasteiger partial charge on any atom is -0.327 e. The van der Waals surface area contributed by atoms with Gasteiger partial charge in [0.05, 0.1) is 25.2 Å². The predicted molar refractivity (Wildman–Crippen MR) is 45.9 cm³/mol. The summed E-state index contributed by atoms with van der Waals surface area (Å²) in [6, 6.07) is 3.95. The maximum atomic E-state index is 8.39. The van der Waals surface area contributed by atoms with E-state index in [0.717, 1.165) is 5.57 Å². The Morgan fingerprint density at radius 1 is 1.33 bits per heavy atom. The molecule has 0 aliphatic rings. The molecule has 0 atom stereocenters. The fourth-order valence-corrected chi connectivity index (χ4v) is 0.748. The Kier molecular flexibility index (Phi) is 5.64. The molecular weight excluding hydrogens is 152 g/mol. The minimum absolute atomic E-state index is 0.243. The van der Waals surface area contributed by atoms with E-state index in [-0.39, 0.29) is 13.1 Å². The van der Waals surface area contributed by atoms with Crippen molar-refractivity contribution < 1.29 is 0 Å². The maximum Gasteiger partial charge on any atom is 0.0877 e. The molecule has 0 heterocycles. The molecule has 2 N–H and O–H groups in total. The SMILES string of the molecule is C=C(CN)CN(CC#N)CC#N. The molecule has 0 saturated heterocycles. The van der Waals surface area contributed by atoms with Crippen LogP contribution in [-0.4, -0.2) is 31.1 Å². The zero-order valence-electron chi connectivity index (χ0n) is 6.95. The van der Waals surface area contributed by atoms with Crippen LogP contribution in [0.4, 0.5) is 0 Å². The maximum absolute atomic E-state index is 8.39. The molecule has 0 fully saturated rings. The summed E-state index contributed by atoms with van der Waals surface area (Å²) in [5.41, 5.74) is 6.15. The number of nitriles is 2. The summed E-state index contributed by atoms with van der Waals surface area (Å²) in [5.74, 6) is 0. The molecule has 4 heteroatoms. The van der Waals surface area contributed by atoms with Crippen molar-refractivity contribution in [1.29, 1.82) is 10.5 Å². The molecule has 12 heavy (non-hydrogen) atoms. The van der Waals surface area contributed by atoms with Gasteiger partial charge in [0.15, 0.2) is 0 Å². The first-order chi connectivity index (χ1) is 5.74. The standard InChI is InChI=1S/C8H12N4/c1-8(6-11)7-12(4-2-9)5-3-10/h1,4-7,11H2. The van der Waals surface area contributed by atoms with Crippen LogP contribution in [0, 0.1) is 22.7 Å². The van der Waals surface area contributed by atoms with Gasteiger partial charge >= 0.3 is 0 Å². The third-order valence-electron chi connectivity index (χ3n) is 1.32. The quantitative estimate of drug-likeness (QED) is 0.453. The molecule has 0 spiro atoms. The summed E-state index contributed by atoms with van der Waals surface area (Å²) in [5, 5.41) is 16.8. The van der Waals surface area contributed by atoms with Crippen LogP contribution in [0.25, 0.3) is 0 Å². The van der Waals surface area contributed by atoms with Crippen molar-refractivity contribution >= 4 is 0 Å². The molecule has 0 aliphatic carbocycles. The smallest absolute Gasteiger partial charge is 0.0877 e. The monoisotopic (exact) mass is 164 g/mol. The van der Waals surface area contributed by atoms with Gasteiger partial charge in [-0.2, -0.15) is 10.5 Å². The van der Waals surface area contributed by atoms with Gasteiger partial charge < -0.3 is 5.73 Å². The highest BCUT2D eigenvalue weighted by Crippen LogP contribution is 1.93. The second-order valence-corrected chi connectivity index (χ2v) is 2.42. The lowest BCUT2D eigenvalue weighted by molar-refractivity contribution is 0.371. The third kappa shape index (κ3) is 4.45. The zero-order valence-corrected chi connectivity index (χ0v) is 6.95. The van der Waals surface area contributed by atoms with Gasteiger partial charge in [-0.05, 0) is 5.57 Å². The van der Waals surface area contributed by atoms with E-state index in [2.05, 4.69) is 6.58 Å². The van der Waals surface area contributed by atoms with Crippen molar-refractivity contribution in [3.8, 4) is 12.1 Å². The molecule has 0 aromatic carbocycles. The van der Waals surface area contributed by atoms with Gasteiger partial charge in [0, 0.05) is 13.1 Å². The fourth-order valence-electron chi connectivity index (χ4n) is 0.748. The van der Waals surface area contributed by atoms with Crippen LogP contribution in [0.2, 0.25) is 0 Å². The highest BCUT2D eigenvalue weighted by Gasteiger charge is 2.03. The molecule has 0 bridgehead atoms. The van der Waals surface area contributed by atoms with Crippen molar-refractivity contribution in [2.24, 2.45) is 5.73 Å². The molecule has 0 rings (SSSR count). The molecule has 0 aromatic rings. The van der Waals surface area contributed by atoms with Crippen LogP contribution in [-0.2, 0) is 0 Å². The third-order valence-corrected chi connectivity index (χ3v) is 1.32. The van der Waals surface area contributed by atoms with Crippen molar-refractivity contribution in [2.45, 2.75) is 0 Å². The molecule has 0 radical (unpaired) electrons. The normalized spacial score (nSPS) is 9.00. The Morgan fingerprint density at radius 2 is 1.83 bits per heavy atom. The van der Waals surface area contributed by atoms with Gasteiger partial charge in [-0.15, -0.1) is 0 Å². The van der Waals surface area contributed by atoms with Crippen molar-refractivity contribution in [3.05, 3.63) is 12.2 Å². The van der Waals surface area contributed by atoms with Gasteiger partial charge in [0.1, 0.15) is 0 Å². The minimum atomic E-state index is 0.243. The summed E-state index contributed by atoms with van der Waals surface area (Å²) in [6.07, 6.45) is 0. The average molecular weight is 164 g/mol. The van der Waals surface area contributed by atoms with E-state index in [1.54, 1.807) is 4.90 Å². The number of nitrogens with two attached hydrogens (primary N) is 1. The second kappa shape index (κ2) is 6.36. The van der Waals surface area contributed by atoms with Crippen LogP contribution < -0.4 is 5.73 Å². The van der Waals surface area contributed by atoms with Gasteiger partial charge in [-0.1, -0.05) is 6.58 Å². The summed E-state index contributed by atoms with van der Waals surface area (Å²) in [4.78, 5) is 1.69. The summed E-state index contributed by atoms with van der Waals surface area (Å²) >= 11 is 0. The van der Waals surface area contributed by atoms with E-state index in [0.29, 0.717) is 13.1 Å². The average Bonchev–Trinajstić information content (AvgIpc) is 2.05. The number of rotatable bonds is 5. The lowest BCUT2D eigenvalue weighted by atomic mass is 10.3. The van der Waals surface area contributed by atoms with Crippen molar-refractivity contribution in [1.82, 2.24) is 4.90 Å². The molecule has 0 saturated carbocycles. The number of nitrogens with zero attached hydrogens (tertiary/aromatic N) is 3. The first-order valence-corrected chi connectivity index (χ1v) is 3.57. The molecular formula is C8H12N4. The highest BCUT2D eigenvalue weighted by molar-refractivity contribution is 5.01. The predicted octanol–water partition coefficient (Wildman–Crippen LogP) is -0.150. The van der Waals surface area contributed by atoms with Crippen molar-refractivity contribution in [3.63, 3.8) is 0 Å². The Balaban J connectivity index is 3.89. The molecule has 0 unspecified atom stereocenters. The molecule has 0 aromatic heterocycles. The van der Waals surface area contributed by atoms with Crippen LogP contribution in [0.5, 0.6) is 0 Å². The first-order valence-electron chi connectivity index (χ1n) is 3.57. The highest BCUT2D eigenvalue weighted by atomic mass is 15.1. The Morgan fingerprint density at radius 3 is 2.17 bits per heavy atom. The topological polar surface area (TPSA) is 76.8 Å². The van der Waals surface area contributed by atoms with E-state index < -0.39 is 0 Å². The summed E-state index contributed by atoms with van der Waals surface area (Å²) < 4.78 is 0. The van der Waals surface area contributed by atoms with Crippen LogP contribution in [0.15, 0.2) is 12.2 Å². The zero-order chi connectivity index (χ0) is 9.40. The van der Waals surface area contributed by atoms with Gasteiger partial charge in [-0.25, -0.2) is 0 Å². The number of hydrogen-bond donors (Lipinski definition) is 1. The van der Waals surface area contributed by atoms with Crippen LogP contribution in [0.1, 0.15) is 0 Å². The largest absolute Gasteiger partial charge is 0.327 e.